The third-order valence-corrected chi connectivity index (χ3v) is 9.19. The Hall–Kier alpha value is -1.45. The van der Waals surface area contributed by atoms with E-state index in [2.05, 4.69) is 19.9 Å². The van der Waals surface area contributed by atoms with Crippen LogP contribution in [0, 0.1) is 34.4 Å². The van der Waals surface area contributed by atoms with Crippen molar-refractivity contribution in [1.29, 1.82) is 0 Å². The van der Waals surface area contributed by atoms with Crippen LogP contribution in [0.3, 0.4) is 0 Å². The van der Waals surface area contributed by atoms with Crippen LogP contribution in [0.2, 0.25) is 0 Å². The Morgan fingerprint density at radius 1 is 1.03 bits per heavy atom. The normalized spacial score (nSPS) is 45.3. The summed E-state index contributed by atoms with van der Waals surface area (Å²) in [5, 5.41) is 21.4. The average Bonchev–Trinajstić information content (AvgIpc) is 2.95. The van der Waals surface area contributed by atoms with E-state index in [4.69, 9.17) is 0 Å². The lowest BCUT2D eigenvalue weighted by Gasteiger charge is -2.57. The first-order valence-corrected chi connectivity index (χ1v) is 11.3. The number of hydrogen-bond donors (Lipinski definition) is 2. The topological polar surface area (TPSA) is 40.5 Å². The van der Waals surface area contributed by atoms with Crippen LogP contribution < -0.4 is 0 Å². The van der Waals surface area contributed by atoms with E-state index < -0.39 is 6.10 Å². The maximum absolute atomic E-state index is 14.2. The second-order valence-corrected chi connectivity index (χ2v) is 10.5. The molecule has 0 bridgehead atoms. The van der Waals surface area contributed by atoms with Gasteiger partial charge in [-0.15, -0.1) is 0 Å². The number of aliphatic hydroxyl groups excluding tert-OH is 2. The molecule has 0 radical (unpaired) electrons. The van der Waals surface area contributed by atoms with Gasteiger partial charge in [-0.1, -0.05) is 49.8 Å². The Bertz CT molecular complexity index is 873. The van der Waals surface area contributed by atoms with Gasteiger partial charge in [0.1, 0.15) is 5.82 Å². The predicted molar refractivity (Wildman–Crippen MR) is 113 cm³/mol. The van der Waals surface area contributed by atoms with Gasteiger partial charge < -0.3 is 10.2 Å². The van der Waals surface area contributed by atoms with Gasteiger partial charge in [0.05, 0.1) is 12.2 Å². The molecule has 156 valence electrons. The SMILES string of the molecule is C[C@]12CC[C@H]3[C@@H](CC=C4C[C@@H](O)CC[C@@]43C)[C@@H]1C/C(=C\c1ccccc1F)[C@@H]2O. The quantitative estimate of drug-likeness (QED) is 0.615. The van der Waals surface area contributed by atoms with Gasteiger partial charge >= 0.3 is 0 Å². The Morgan fingerprint density at radius 2 is 1.83 bits per heavy atom. The fourth-order valence-electron chi connectivity index (χ4n) is 7.43. The first-order valence-electron chi connectivity index (χ1n) is 11.3. The van der Waals surface area contributed by atoms with Crippen LogP contribution in [0.5, 0.6) is 0 Å². The van der Waals surface area contributed by atoms with Gasteiger partial charge in [0.15, 0.2) is 0 Å². The first-order chi connectivity index (χ1) is 13.8. The summed E-state index contributed by atoms with van der Waals surface area (Å²) < 4.78 is 14.2. The zero-order chi connectivity index (χ0) is 20.4. The standard InChI is InChI=1S/C26H33FO2/c1-25-11-9-19(28)15-18(25)7-8-20-21(25)10-12-26(2)22(20)14-17(24(26)29)13-16-5-3-4-6-23(16)27/h3-7,13,19-22,24,28-29H,8-12,14-15H2,1-2H3/b17-13+/t19-,20+,21-,22-,24-,25-,26-/m0/s1. The zero-order valence-corrected chi connectivity index (χ0v) is 17.6. The number of hydrogen-bond acceptors (Lipinski definition) is 2. The molecule has 5 rings (SSSR count). The van der Waals surface area contributed by atoms with E-state index in [0.717, 1.165) is 50.5 Å². The highest BCUT2D eigenvalue weighted by Gasteiger charge is 2.59. The number of allylic oxidation sites excluding steroid dienone is 1. The van der Waals surface area contributed by atoms with Gasteiger partial charge in [-0.25, -0.2) is 4.39 Å². The summed E-state index contributed by atoms with van der Waals surface area (Å²) >= 11 is 0. The van der Waals surface area contributed by atoms with Gasteiger partial charge in [0, 0.05) is 11.0 Å². The molecule has 0 spiro atoms. The minimum absolute atomic E-state index is 0.117. The second kappa shape index (κ2) is 6.78. The van der Waals surface area contributed by atoms with Crippen molar-refractivity contribution in [3.05, 3.63) is 52.9 Å². The molecule has 0 heterocycles. The maximum Gasteiger partial charge on any atom is 0.130 e. The Balaban J connectivity index is 1.48. The molecule has 1 aromatic carbocycles. The van der Waals surface area contributed by atoms with Crippen molar-refractivity contribution in [2.24, 2.45) is 28.6 Å². The van der Waals surface area contributed by atoms with Crippen LogP contribution in [0.15, 0.2) is 41.5 Å². The molecule has 1 aromatic rings. The zero-order valence-electron chi connectivity index (χ0n) is 17.6. The highest BCUT2D eigenvalue weighted by atomic mass is 19.1. The summed E-state index contributed by atoms with van der Waals surface area (Å²) in [7, 11) is 0. The van der Waals surface area contributed by atoms with Gasteiger partial charge in [-0.3, -0.25) is 0 Å². The molecule has 4 aliphatic carbocycles. The molecule has 3 saturated carbocycles. The molecule has 2 N–H and O–H groups in total. The maximum atomic E-state index is 14.2. The van der Waals surface area contributed by atoms with Crippen molar-refractivity contribution in [3.8, 4) is 0 Å². The van der Waals surface area contributed by atoms with Crippen LogP contribution in [-0.2, 0) is 0 Å². The summed E-state index contributed by atoms with van der Waals surface area (Å²) in [4.78, 5) is 0. The van der Waals surface area contributed by atoms with Crippen molar-refractivity contribution < 1.29 is 14.6 Å². The Labute approximate surface area is 173 Å². The summed E-state index contributed by atoms with van der Waals surface area (Å²) in [6.45, 7) is 4.68. The van der Waals surface area contributed by atoms with Gasteiger partial charge in [0.2, 0.25) is 0 Å². The largest absolute Gasteiger partial charge is 0.393 e. The third-order valence-electron chi connectivity index (χ3n) is 9.19. The van der Waals surface area contributed by atoms with E-state index in [-0.39, 0.29) is 22.8 Å². The molecule has 7 atom stereocenters. The monoisotopic (exact) mass is 396 g/mol. The third kappa shape index (κ3) is 2.88. The predicted octanol–water partition coefficient (Wildman–Crippen LogP) is 5.50. The van der Waals surface area contributed by atoms with Crippen molar-refractivity contribution in [2.45, 2.75) is 71.0 Å². The number of fused-ring (bicyclic) bond motifs is 5. The van der Waals surface area contributed by atoms with E-state index in [9.17, 15) is 14.6 Å². The molecule has 0 amide bonds. The molecular formula is C26H33FO2. The molecule has 0 aliphatic heterocycles. The average molecular weight is 397 g/mol. The minimum atomic E-state index is -0.487. The summed E-state index contributed by atoms with van der Waals surface area (Å²) in [5.74, 6) is 1.42. The van der Waals surface area contributed by atoms with Crippen LogP contribution >= 0.6 is 0 Å². The van der Waals surface area contributed by atoms with Gasteiger partial charge in [-0.05, 0) is 79.8 Å². The van der Waals surface area contributed by atoms with E-state index in [0.29, 0.717) is 23.3 Å². The molecule has 3 heteroatoms. The Kier molecular flexibility index (Phi) is 4.56. The van der Waals surface area contributed by atoms with Crippen molar-refractivity contribution >= 4 is 6.08 Å². The molecule has 4 aliphatic rings. The molecule has 0 unspecified atom stereocenters. The molecule has 0 saturated heterocycles. The van der Waals surface area contributed by atoms with Crippen LogP contribution in [-0.4, -0.2) is 22.4 Å². The van der Waals surface area contributed by atoms with E-state index in [1.165, 1.54) is 11.6 Å². The van der Waals surface area contributed by atoms with Crippen LogP contribution in [0.25, 0.3) is 6.08 Å². The van der Waals surface area contributed by atoms with E-state index in [1.54, 1.807) is 12.1 Å². The summed E-state index contributed by atoms with van der Waals surface area (Å²) in [5.41, 5.74) is 3.14. The summed E-state index contributed by atoms with van der Waals surface area (Å²) in [6, 6.07) is 6.85. The molecule has 2 nitrogen and oxygen atoms in total. The second-order valence-electron chi connectivity index (χ2n) is 10.5. The fraction of sp³-hybridized carbons (Fsp3) is 0.615. The van der Waals surface area contributed by atoms with E-state index in [1.807, 2.05) is 12.1 Å². The van der Waals surface area contributed by atoms with Crippen molar-refractivity contribution in [2.75, 3.05) is 0 Å². The lowest BCUT2D eigenvalue weighted by molar-refractivity contribution is -0.0685. The van der Waals surface area contributed by atoms with Crippen molar-refractivity contribution in [1.82, 2.24) is 0 Å². The van der Waals surface area contributed by atoms with E-state index >= 15 is 0 Å². The molecular weight excluding hydrogens is 363 g/mol. The number of halogens is 1. The van der Waals surface area contributed by atoms with Crippen molar-refractivity contribution in [3.63, 3.8) is 0 Å². The highest BCUT2D eigenvalue weighted by molar-refractivity contribution is 5.56. The number of rotatable bonds is 1. The molecule has 29 heavy (non-hydrogen) atoms. The molecule has 3 fully saturated rings. The molecule has 0 aromatic heterocycles. The lowest BCUT2D eigenvalue weighted by atomic mass is 9.48. The van der Waals surface area contributed by atoms with Gasteiger partial charge in [-0.2, -0.15) is 0 Å². The smallest absolute Gasteiger partial charge is 0.130 e. The number of aliphatic hydroxyl groups is 2. The van der Waals surface area contributed by atoms with Gasteiger partial charge in [0.25, 0.3) is 0 Å². The lowest BCUT2D eigenvalue weighted by Crippen LogP contribution is -2.51. The minimum Gasteiger partial charge on any atom is -0.393 e. The first kappa shape index (κ1) is 19.5. The fourth-order valence-corrected chi connectivity index (χ4v) is 7.43. The van der Waals surface area contributed by atoms with Crippen LogP contribution in [0.1, 0.15) is 64.4 Å². The number of benzene rings is 1. The Morgan fingerprint density at radius 3 is 2.62 bits per heavy atom. The highest BCUT2D eigenvalue weighted by Crippen LogP contribution is 2.65. The van der Waals surface area contributed by atoms with Crippen LogP contribution in [0.4, 0.5) is 4.39 Å². The summed E-state index contributed by atoms with van der Waals surface area (Å²) in [6.07, 6.45) is 10.6.